The highest BCUT2D eigenvalue weighted by molar-refractivity contribution is 5.78. The Kier molecular flexibility index (Phi) is 6.40. The van der Waals surface area contributed by atoms with Crippen molar-refractivity contribution in [2.75, 3.05) is 37.6 Å². The molecule has 1 unspecified atom stereocenters. The van der Waals surface area contributed by atoms with Crippen molar-refractivity contribution in [3.63, 3.8) is 0 Å². The van der Waals surface area contributed by atoms with E-state index >= 15 is 0 Å². The highest BCUT2D eigenvalue weighted by Gasteiger charge is 2.20. The van der Waals surface area contributed by atoms with E-state index in [4.69, 9.17) is 0 Å². The Morgan fingerprint density at radius 1 is 0.900 bits per heavy atom. The molecule has 30 heavy (non-hydrogen) atoms. The number of hydrogen-bond acceptors (Lipinski definition) is 4. The molecule has 1 aliphatic rings. The molecule has 1 aliphatic heterocycles. The number of rotatable bonds is 6. The van der Waals surface area contributed by atoms with Gasteiger partial charge in [0.2, 0.25) is 5.91 Å². The zero-order chi connectivity index (χ0) is 20.8. The van der Waals surface area contributed by atoms with Gasteiger partial charge in [-0.2, -0.15) is 0 Å². The molecular weight excluding hydrogens is 372 g/mol. The summed E-state index contributed by atoms with van der Waals surface area (Å²) in [6.45, 7) is 5.98. The van der Waals surface area contributed by atoms with Crippen molar-refractivity contribution in [3.05, 3.63) is 84.6 Å². The molecule has 1 N–H and O–H groups in total. The summed E-state index contributed by atoms with van der Waals surface area (Å²) in [4.78, 5) is 21.4. The SMILES string of the molecule is CC(NC(=O)CN1CCN(c2ccccn2)CC1)c1ccc(-c2ccccc2)cc1. The number of carbonyl (C=O) groups excluding carboxylic acids is 1. The normalized spacial score (nSPS) is 15.6. The average molecular weight is 401 g/mol. The fourth-order valence-corrected chi connectivity index (χ4v) is 3.84. The summed E-state index contributed by atoms with van der Waals surface area (Å²) in [5, 5.41) is 3.14. The Morgan fingerprint density at radius 3 is 2.23 bits per heavy atom. The number of carbonyl (C=O) groups is 1. The molecular formula is C25H28N4O. The maximum Gasteiger partial charge on any atom is 0.234 e. The van der Waals surface area contributed by atoms with Gasteiger partial charge in [0, 0.05) is 32.4 Å². The van der Waals surface area contributed by atoms with Crippen LogP contribution in [0.1, 0.15) is 18.5 Å². The first kappa shape index (κ1) is 20.1. The maximum atomic E-state index is 12.6. The van der Waals surface area contributed by atoms with E-state index in [1.165, 1.54) is 11.1 Å². The van der Waals surface area contributed by atoms with Crippen molar-refractivity contribution >= 4 is 11.7 Å². The highest BCUT2D eigenvalue weighted by atomic mass is 16.2. The fourth-order valence-electron chi connectivity index (χ4n) is 3.84. The number of anilines is 1. The maximum absolute atomic E-state index is 12.6. The highest BCUT2D eigenvalue weighted by Crippen LogP contribution is 2.21. The second kappa shape index (κ2) is 9.55. The summed E-state index contributed by atoms with van der Waals surface area (Å²) < 4.78 is 0. The molecule has 1 amide bonds. The molecule has 1 saturated heterocycles. The van der Waals surface area contributed by atoms with Crippen LogP contribution in [0, 0.1) is 0 Å². The molecule has 3 aromatic rings. The Bertz CT molecular complexity index is 936. The molecule has 0 radical (unpaired) electrons. The van der Waals surface area contributed by atoms with Gasteiger partial charge in [-0.05, 0) is 35.7 Å². The number of hydrogen-bond donors (Lipinski definition) is 1. The Hall–Kier alpha value is -3.18. The van der Waals surface area contributed by atoms with Gasteiger partial charge in [-0.25, -0.2) is 4.98 Å². The third kappa shape index (κ3) is 5.05. The smallest absolute Gasteiger partial charge is 0.234 e. The molecule has 154 valence electrons. The third-order valence-corrected chi connectivity index (χ3v) is 5.61. The first-order valence-corrected chi connectivity index (χ1v) is 10.5. The van der Waals surface area contributed by atoms with Gasteiger partial charge in [0.05, 0.1) is 12.6 Å². The predicted octanol–water partition coefficient (Wildman–Crippen LogP) is 3.75. The van der Waals surface area contributed by atoms with E-state index in [9.17, 15) is 4.79 Å². The van der Waals surface area contributed by atoms with Crippen molar-refractivity contribution in [2.45, 2.75) is 13.0 Å². The lowest BCUT2D eigenvalue weighted by atomic mass is 10.0. The lowest BCUT2D eigenvalue weighted by molar-refractivity contribution is -0.123. The van der Waals surface area contributed by atoms with Crippen LogP contribution >= 0.6 is 0 Å². The Balaban J connectivity index is 1.26. The van der Waals surface area contributed by atoms with Gasteiger partial charge in [0.15, 0.2) is 0 Å². The number of aromatic nitrogens is 1. The first-order chi connectivity index (χ1) is 14.7. The van der Waals surface area contributed by atoms with Crippen molar-refractivity contribution in [3.8, 4) is 11.1 Å². The van der Waals surface area contributed by atoms with E-state index in [1.807, 2.05) is 49.5 Å². The molecule has 0 spiro atoms. The lowest BCUT2D eigenvalue weighted by Crippen LogP contribution is -2.49. The van der Waals surface area contributed by atoms with Crippen molar-refractivity contribution < 1.29 is 4.79 Å². The fraction of sp³-hybridized carbons (Fsp3) is 0.280. The minimum absolute atomic E-state index is 0.0165. The zero-order valence-electron chi connectivity index (χ0n) is 17.4. The van der Waals surface area contributed by atoms with Gasteiger partial charge in [-0.1, -0.05) is 60.7 Å². The van der Waals surface area contributed by atoms with Crippen molar-refractivity contribution in [1.82, 2.24) is 15.2 Å². The molecule has 2 aromatic carbocycles. The van der Waals surface area contributed by atoms with Crippen LogP contribution in [-0.4, -0.2) is 48.5 Å². The van der Waals surface area contributed by atoms with Gasteiger partial charge in [-0.3, -0.25) is 9.69 Å². The van der Waals surface area contributed by atoms with Crippen molar-refractivity contribution in [2.24, 2.45) is 0 Å². The van der Waals surface area contributed by atoms with Crippen LogP contribution in [-0.2, 0) is 4.79 Å². The van der Waals surface area contributed by atoms with E-state index in [0.717, 1.165) is 37.6 Å². The summed E-state index contributed by atoms with van der Waals surface area (Å²) in [6, 6.07) is 24.7. The Labute approximate surface area is 178 Å². The molecule has 5 heteroatoms. The third-order valence-electron chi connectivity index (χ3n) is 5.61. The number of piperazine rings is 1. The minimum Gasteiger partial charge on any atom is -0.354 e. The van der Waals surface area contributed by atoms with Gasteiger partial charge in [0.1, 0.15) is 5.82 Å². The topological polar surface area (TPSA) is 48.5 Å². The van der Waals surface area contributed by atoms with Crippen LogP contribution in [0.2, 0.25) is 0 Å². The number of nitrogens with zero attached hydrogens (tertiary/aromatic N) is 3. The molecule has 0 bridgehead atoms. The molecule has 2 heterocycles. The van der Waals surface area contributed by atoms with E-state index in [2.05, 4.69) is 56.5 Å². The summed E-state index contributed by atoms with van der Waals surface area (Å²) in [6.07, 6.45) is 1.82. The van der Waals surface area contributed by atoms with Gasteiger partial charge >= 0.3 is 0 Å². The zero-order valence-corrected chi connectivity index (χ0v) is 17.4. The van der Waals surface area contributed by atoms with Crippen LogP contribution in [0.25, 0.3) is 11.1 Å². The van der Waals surface area contributed by atoms with Crippen LogP contribution in [0.15, 0.2) is 79.0 Å². The summed E-state index contributed by atoms with van der Waals surface area (Å²) >= 11 is 0. The minimum atomic E-state index is -0.0165. The summed E-state index contributed by atoms with van der Waals surface area (Å²) in [5.41, 5.74) is 3.50. The first-order valence-electron chi connectivity index (χ1n) is 10.5. The number of nitrogens with one attached hydrogen (secondary N) is 1. The molecule has 1 fully saturated rings. The number of amides is 1. The van der Waals surface area contributed by atoms with Crippen LogP contribution in [0.3, 0.4) is 0 Å². The van der Waals surface area contributed by atoms with Gasteiger partial charge in [-0.15, -0.1) is 0 Å². The van der Waals surface area contributed by atoms with E-state index in [-0.39, 0.29) is 11.9 Å². The molecule has 5 nitrogen and oxygen atoms in total. The number of pyridine rings is 1. The second-order valence-electron chi connectivity index (χ2n) is 7.73. The summed E-state index contributed by atoms with van der Waals surface area (Å²) in [7, 11) is 0. The lowest BCUT2D eigenvalue weighted by Gasteiger charge is -2.35. The number of benzene rings is 2. The molecule has 4 rings (SSSR count). The van der Waals surface area contributed by atoms with Crippen LogP contribution < -0.4 is 10.2 Å². The monoisotopic (exact) mass is 400 g/mol. The standard InChI is InChI=1S/C25H28N4O/c1-20(21-10-12-23(13-11-21)22-7-3-2-4-8-22)27-25(30)19-28-15-17-29(18-16-28)24-9-5-6-14-26-24/h2-14,20H,15-19H2,1H3,(H,27,30). The van der Waals surface area contributed by atoms with E-state index in [1.54, 1.807) is 0 Å². The van der Waals surface area contributed by atoms with Crippen LogP contribution in [0.5, 0.6) is 0 Å². The molecule has 0 aliphatic carbocycles. The summed E-state index contributed by atoms with van der Waals surface area (Å²) in [5.74, 6) is 1.08. The van der Waals surface area contributed by atoms with E-state index < -0.39 is 0 Å². The van der Waals surface area contributed by atoms with Crippen LogP contribution in [0.4, 0.5) is 5.82 Å². The second-order valence-corrected chi connectivity index (χ2v) is 7.73. The predicted molar refractivity (Wildman–Crippen MR) is 121 cm³/mol. The van der Waals surface area contributed by atoms with Gasteiger partial charge in [0.25, 0.3) is 0 Å². The average Bonchev–Trinajstić information content (AvgIpc) is 2.81. The van der Waals surface area contributed by atoms with Gasteiger partial charge < -0.3 is 10.2 Å². The molecule has 1 aromatic heterocycles. The Morgan fingerprint density at radius 2 is 1.57 bits per heavy atom. The molecule has 1 atom stereocenters. The largest absolute Gasteiger partial charge is 0.354 e. The van der Waals surface area contributed by atoms with E-state index in [0.29, 0.717) is 6.54 Å². The quantitative estimate of drug-likeness (QED) is 0.685. The molecule has 0 saturated carbocycles. The van der Waals surface area contributed by atoms with Crippen molar-refractivity contribution in [1.29, 1.82) is 0 Å².